The van der Waals surface area contributed by atoms with E-state index < -0.39 is 0 Å². The predicted octanol–water partition coefficient (Wildman–Crippen LogP) is 2.72. The number of rotatable bonds is 5. The van der Waals surface area contributed by atoms with E-state index in [0.717, 1.165) is 24.9 Å². The summed E-state index contributed by atoms with van der Waals surface area (Å²) in [6.07, 6.45) is 5.44. The van der Waals surface area contributed by atoms with Gasteiger partial charge in [-0.2, -0.15) is 0 Å². The maximum Gasteiger partial charge on any atom is 0.134 e. The van der Waals surface area contributed by atoms with Crippen molar-refractivity contribution in [2.75, 3.05) is 25.5 Å². The van der Waals surface area contributed by atoms with Crippen LogP contribution in [-0.2, 0) is 0 Å². The van der Waals surface area contributed by atoms with E-state index in [0.29, 0.717) is 11.0 Å². The van der Waals surface area contributed by atoms with E-state index in [-0.39, 0.29) is 0 Å². The van der Waals surface area contributed by atoms with Gasteiger partial charge in [-0.3, -0.25) is 0 Å². The predicted molar refractivity (Wildman–Crippen MR) is 75.2 cm³/mol. The van der Waals surface area contributed by atoms with Crippen molar-refractivity contribution in [3.8, 4) is 0 Å². The zero-order chi connectivity index (χ0) is 13.0. The van der Waals surface area contributed by atoms with Crippen LogP contribution in [0.25, 0.3) is 0 Å². The van der Waals surface area contributed by atoms with Gasteiger partial charge in [0, 0.05) is 25.2 Å². The minimum absolute atomic E-state index is 0.495. The van der Waals surface area contributed by atoms with Crippen molar-refractivity contribution in [1.82, 2.24) is 14.9 Å². The van der Waals surface area contributed by atoms with Gasteiger partial charge in [-0.25, -0.2) is 9.97 Å². The Labute approximate surface area is 114 Å². The van der Waals surface area contributed by atoms with Crippen LogP contribution in [0.5, 0.6) is 0 Å². The molecule has 100 valence electrons. The molecule has 1 fully saturated rings. The van der Waals surface area contributed by atoms with Crippen LogP contribution in [0.1, 0.15) is 31.5 Å². The lowest BCUT2D eigenvalue weighted by Gasteiger charge is -2.24. The Morgan fingerprint density at radius 3 is 2.78 bits per heavy atom. The second-order valence-electron chi connectivity index (χ2n) is 4.97. The van der Waals surface area contributed by atoms with Crippen molar-refractivity contribution in [2.45, 2.75) is 38.6 Å². The molecule has 1 aliphatic rings. The first-order valence-electron chi connectivity index (χ1n) is 6.60. The summed E-state index contributed by atoms with van der Waals surface area (Å²) in [5, 5.41) is 3.80. The first-order valence-corrected chi connectivity index (χ1v) is 6.98. The van der Waals surface area contributed by atoms with Crippen LogP contribution in [-0.4, -0.2) is 41.0 Å². The number of aromatic nitrogens is 2. The van der Waals surface area contributed by atoms with Gasteiger partial charge in [0.2, 0.25) is 0 Å². The van der Waals surface area contributed by atoms with Crippen molar-refractivity contribution in [1.29, 1.82) is 0 Å². The van der Waals surface area contributed by atoms with Gasteiger partial charge in [-0.15, -0.1) is 0 Å². The normalized spacial score (nSPS) is 16.4. The number of hydrogen-bond acceptors (Lipinski definition) is 4. The molecule has 0 aliphatic heterocycles. The molecule has 0 spiro atoms. The van der Waals surface area contributed by atoms with E-state index in [4.69, 9.17) is 11.6 Å². The van der Waals surface area contributed by atoms with Crippen molar-refractivity contribution in [3.05, 3.63) is 17.0 Å². The maximum absolute atomic E-state index is 5.89. The molecule has 0 amide bonds. The third kappa shape index (κ3) is 3.82. The van der Waals surface area contributed by atoms with Crippen LogP contribution in [0.4, 0.5) is 5.82 Å². The lowest BCUT2D eigenvalue weighted by Crippen LogP contribution is -2.33. The molecule has 1 aliphatic carbocycles. The summed E-state index contributed by atoms with van der Waals surface area (Å²) in [6.45, 7) is 3.77. The molecule has 1 aromatic rings. The average Bonchev–Trinajstić information content (AvgIpc) is 2.80. The smallest absolute Gasteiger partial charge is 0.134 e. The first-order chi connectivity index (χ1) is 8.65. The van der Waals surface area contributed by atoms with Crippen molar-refractivity contribution in [3.63, 3.8) is 0 Å². The van der Waals surface area contributed by atoms with Gasteiger partial charge in [-0.1, -0.05) is 24.4 Å². The molecule has 0 saturated heterocycles. The second-order valence-corrected chi connectivity index (χ2v) is 5.36. The Hall–Kier alpha value is -0.870. The summed E-state index contributed by atoms with van der Waals surface area (Å²) in [4.78, 5) is 10.8. The molecule has 5 heteroatoms. The maximum atomic E-state index is 5.89. The van der Waals surface area contributed by atoms with Crippen LogP contribution in [0.2, 0.25) is 5.15 Å². The molecule has 0 bridgehead atoms. The lowest BCUT2D eigenvalue weighted by atomic mass is 10.2. The fraction of sp³-hybridized carbons (Fsp3) is 0.692. The highest BCUT2D eigenvalue weighted by Gasteiger charge is 2.18. The Morgan fingerprint density at radius 1 is 1.39 bits per heavy atom. The highest BCUT2D eigenvalue weighted by molar-refractivity contribution is 6.29. The van der Waals surface area contributed by atoms with Gasteiger partial charge < -0.3 is 10.2 Å². The number of halogens is 1. The van der Waals surface area contributed by atoms with Gasteiger partial charge in [0.15, 0.2) is 0 Å². The number of likely N-dealkylation sites (N-methyl/N-ethyl adjacent to an activating group) is 1. The molecule has 0 unspecified atom stereocenters. The summed E-state index contributed by atoms with van der Waals surface area (Å²) in [7, 11) is 2.20. The molecule has 18 heavy (non-hydrogen) atoms. The lowest BCUT2D eigenvalue weighted by molar-refractivity contribution is 0.254. The molecule has 4 nitrogen and oxygen atoms in total. The summed E-state index contributed by atoms with van der Waals surface area (Å²) in [5.74, 6) is 1.52. The number of nitrogens with one attached hydrogen (secondary N) is 1. The minimum atomic E-state index is 0.495. The number of hydrogen-bond donors (Lipinski definition) is 1. The number of nitrogens with zero attached hydrogens (tertiary/aromatic N) is 3. The molecule has 1 heterocycles. The largest absolute Gasteiger partial charge is 0.369 e. The monoisotopic (exact) mass is 268 g/mol. The minimum Gasteiger partial charge on any atom is -0.369 e. The third-order valence-corrected chi connectivity index (χ3v) is 3.72. The Bertz CT molecular complexity index is 370. The van der Waals surface area contributed by atoms with E-state index in [1.165, 1.54) is 25.7 Å². The number of anilines is 1. The molecule has 1 saturated carbocycles. The van der Waals surface area contributed by atoms with E-state index in [9.17, 15) is 0 Å². The molecule has 0 atom stereocenters. The van der Waals surface area contributed by atoms with Gasteiger partial charge in [0.1, 0.15) is 16.8 Å². The summed E-state index contributed by atoms with van der Waals surface area (Å²) >= 11 is 5.89. The van der Waals surface area contributed by atoms with Crippen LogP contribution in [0, 0.1) is 6.92 Å². The van der Waals surface area contributed by atoms with Crippen molar-refractivity contribution < 1.29 is 0 Å². The topological polar surface area (TPSA) is 41.1 Å². The van der Waals surface area contributed by atoms with Gasteiger partial charge in [-0.05, 0) is 26.8 Å². The molecule has 2 rings (SSSR count). The van der Waals surface area contributed by atoms with E-state index >= 15 is 0 Å². The summed E-state index contributed by atoms with van der Waals surface area (Å²) in [5.41, 5.74) is 0. The Kier molecular flexibility index (Phi) is 4.78. The van der Waals surface area contributed by atoms with Gasteiger partial charge in [0.05, 0.1) is 0 Å². The number of aryl methyl sites for hydroxylation is 1. The van der Waals surface area contributed by atoms with E-state index in [1.807, 2.05) is 6.92 Å². The Balaban J connectivity index is 1.77. The first kappa shape index (κ1) is 13.6. The SMILES string of the molecule is Cc1nc(Cl)cc(NCCN(C)C2CCCC2)n1. The zero-order valence-electron chi connectivity index (χ0n) is 11.1. The van der Waals surface area contributed by atoms with Crippen LogP contribution in [0.3, 0.4) is 0 Å². The van der Waals surface area contributed by atoms with Crippen LogP contribution in [0.15, 0.2) is 6.07 Å². The standard InChI is InChI=1S/C13H21ClN4/c1-10-16-12(14)9-13(17-10)15-7-8-18(2)11-5-3-4-6-11/h9,11H,3-8H2,1-2H3,(H,15,16,17). The quantitative estimate of drug-likeness (QED) is 0.834. The molecule has 1 aromatic heterocycles. The Morgan fingerprint density at radius 2 is 2.11 bits per heavy atom. The summed E-state index contributed by atoms with van der Waals surface area (Å²) < 4.78 is 0. The fourth-order valence-electron chi connectivity index (χ4n) is 2.51. The molecule has 0 radical (unpaired) electrons. The van der Waals surface area contributed by atoms with E-state index in [1.54, 1.807) is 6.07 Å². The van der Waals surface area contributed by atoms with Crippen LogP contribution >= 0.6 is 11.6 Å². The second kappa shape index (κ2) is 6.34. The fourth-order valence-corrected chi connectivity index (χ4v) is 2.74. The van der Waals surface area contributed by atoms with Crippen molar-refractivity contribution >= 4 is 17.4 Å². The van der Waals surface area contributed by atoms with Crippen LogP contribution < -0.4 is 5.32 Å². The molecule has 0 aromatic carbocycles. The third-order valence-electron chi connectivity index (χ3n) is 3.53. The van der Waals surface area contributed by atoms with Gasteiger partial charge >= 0.3 is 0 Å². The zero-order valence-corrected chi connectivity index (χ0v) is 11.9. The highest BCUT2D eigenvalue weighted by Crippen LogP contribution is 2.22. The average molecular weight is 269 g/mol. The molecule has 1 N–H and O–H groups in total. The molecular weight excluding hydrogens is 248 g/mol. The highest BCUT2D eigenvalue weighted by atomic mass is 35.5. The van der Waals surface area contributed by atoms with E-state index in [2.05, 4.69) is 27.2 Å². The van der Waals surface area contributed by atoms with Crippen molar-refractivity contribution in [2.24, 2.45) is 0 Å². The molecular formula is C13H21ClN4. The van der Waals surface area contributed by atoms with Gasteiger partial charge in [0.25, 0.3) is 0 Å². The summed E-state index contributed by atoms with van der Waals surface area (Å²) in [6, 6.07) is 2.53.